The van der Waals surface area contributed by atoms with Crippen molar-refractivity contribution in [3.05, 3.63) is 28.0 Å². The number of pyridine rings is 1. The van der Waals surface area contributed by atoms with Crippen LogP contribution in [0.4, 0.5) is 0 Å². The molecule has 0 radical (unpaired) electrons. The summed E-state index contributed by atoms with van der Waals surface area (Å²) in [6.07, 6.45) is 4.15. The van der Waals surface area contributed by atoms with Gasteiger partial charge in [0.2, 0.25) is 10.0 Å². The molecule has 0 aliphatic carbocycles. The third-order valence-corrected chi connectivity index (χ3v) is 6.28. The molecule has 3 heterocycles. The van der Waals surface area contributed by atoms with Crippen LogP contribution >= 0.6 is 15.9 Å². The van der Waals surface area contributed by atoms with Crippen molar-refractivity contribution in [2.45, 2.75) is 19.9 Å². The molecule has 1 spiro atoms. The molecular formula is C14H20BrN3O2S. The van der Waals surface area contributed by atoms with Gasteiger partial charge in [-0.2, -0.15) is 0 Å². The summed E-state index contributed by atoms with van der Waals surface area (Å²) in [4.78, 5) is 6.80. The molecule has 5 nitrogen and oxygen atoms in total. The van der Waals surface area contributed by atoms with Crippen molar-refractivity contribution in [2.75, 3.05) is 32.4 Å². The van der Waals surface area contributed by atoms with Crippen LogP contribution in [0.25, 0.3) is 0 Å². The molecule has 2 fully saturated rings. The molecule has 1 aromatic heterocycles. The highest BCUT2D eigenvalue weighted by Crippen LogP contribution is 2.41. The molecule has 2 aliphatic rings. The van der Waals surface area contributed by atoms with Gasteiger partial charge in [-0.05, 0) is 34.0 Å². The molecule has 3 rings (SSSR count). The fraction of sp³-hybridized carbons (Fsp3) is 0.643. The van der Waals surface area contributed by atoms with Gasteiger partial charge in [-0.3, -0.25) is 9.88 Å². The Balaban J connectivity index is 1.54. The number of aryl methyl sites for hydroxylation is 1. The quantitative estimate of drug-likeness (QED) is 0.801. The number of nitrogens with zero attached hydrogens (tertiary/aromatic N) is 3. The number of hydrogen-bond acceptors (Lipinski definition) is 4. The van der Waals surface area contributed by atoms with E-state index in [0.29, 0.717) is 13.1 Å². The van der Waals surface area contributed by atoms with Crippen LogP contribution in [0.1, 0.15) is 18.2 Å². The molecule has 0 bridgehead atoms. The second kappa shape index (κ2) is 5.30. The van der Waals surface area contributed by atoms with Gasteiger partial charge in [-0.15, -0.1) is 0 Å². The third kappa shape index (κ3) is 3.02. The summed E-state index contributed by atoms with van der Waals surface area (Å²) < 4.78 is 25.5. The van der Waals surface area contributed by atoms with Crippen LogP contribution in [0.15, 0.2) is 16.7 Å². The molecule has 0 N–H and O–H groups in total. The second-order valence-electron chi connectivity index (χ2n) is 6.30. The summed E-state index contributed by atoms with van der Waals surface area (Å²) in [6.45, 7) is 6.28. The van der Waals surface area contributed by atoms with E-state index in [1.807, 2.05) is 6.20 Å². The zero-order chi connectivity index (χ0) is 15.3. The van der Waals surface area contributed by atoms with Gasteiger partial charge in [-0.1, -0.05) is 6.92 Å². The van der Waals surface area contributed by atoms with Crippen molar-refractivity contribution < 1.29 is 8.42 Å². The third-order valence-electron chi connectivity index (χ3n) is 4.37. The van der Waals surface area contributed by atoms with Gasteiger partial charge < -0.3 is 0 Å². The maximum absolute atomic E-state index is 11.4. The topological polar surface area (TPSA) is 53.5 Å². The highest BCUT2D eigenvalue weighted by Gasteiger charge is 2.53. The minimum absolute atomic E-state index is 0.200. The van der Waals surface area contributed by atoms with Crippen LogP contribution in [0.3, 0.4) is 0 Å². The maximum atomic E-state index is 11.4. The lowest BCUT2D eigenvalue weighted by Gasteiger charge is -2.59. The summed E-state index contributed by atoms with van der Waals surface area (Å²) in [6, 6.07) is 2.15. The van der Waals surface area contributed by atoms with Gasteiger partial charge in [0, 0.05) is 48.8 Å². The van der Waals surface area contributed by atoms with Crippen molar-refractivity contribution in [3.63, 3.8) is 0 Å². The Labute approximate surface area is 134 Å². The first-order valence-electron chi connectivity index (χ1n) is 7.12. The predicted molar refractivity (Wildman–Crippen MR) is 85.4 cm³/mol. The number of hydrogen-bond donors (Lipinski definition) is 0. The smallest absolute Gasteiger partial charge is 0.211 e. The first-order valence-corrected chi connectivity index (χ1v) is 9.76. The van der Waals surface area contributed by atoms with Gasteiger partial charge in [0.25, 0.3) is 0 Å². The van der Waals surface area contributed by atoms with Crippen LogP contribution in [0, 0.1) is 5.41 Å². The van der Waals surface area contributed by atoms with Crippen LogP contribution < -0.4 is 0 Å². The van der Waals surface area contributed by atoms with Gasteiger partial charge in [0.1, 0.15) is 0 Å². The molecule has 0 aromatic carbocycles. The predicted octanol–water partition coefficient (Wildman–Crippen LogP) is 1.48. The van der Waals surface area contributed by atoms with Crippen molar-refractivity contribution in [1.29, 1.82) is 0 Å². The number of aromatic nitrogens is 1. The number of likely N-dealkylation sites (tertiary alicyclic amines) is 1. The van der Waals surface area contributed by atoms with E-state index < -0.39 is 10.0 Å². The lowest BCUT2D eigenvalue weighted by Crippen LogP contribution is -2.72. The van der Waals surface area contributed by atoms with E-state index in [4.69, 9.17) is 0 Å². The Hall–Kier alpha value is -0.500. The fourth-order valence-corrected chi connectivity index (χ4v) is 4.78. The maximum Gasteiger partial charge on any atom is 0.211 e. The standard InChI is InChI=1S/C14H20BrN3O2S/c1-3-11-4-12(16-5-13(11)15)6-17-7-14(8-17)9-18(10-14)21(2,19)20/h4-5H,3,6-10H2,1-2H3. The normalized spacial score (nSPS) is 22.0. The molecule has 2 saturated heterocycles. The van der Waals surface area contributed by atoms with Gasteiger partial charge in [-0.25, -0.2) is 12.7 Å². The lowest BCUT2D eigenvalue weighted by molar-refractivity contribution is -0.0849. The zero-order valence-electron chi connectivity index (χ0n) is 12.3. The number of sulfonamides is 1. The Morgan fingerprint density at radius 2 is 2.00 bits per heavy atom. The van der Waals surface area contributed by atoms with E-state index in [1.165, 1.54) is 11.8 Å². The van der Waals surface area contributed by atoms with Gasteiger partial charge in [0.15, 0.2) is 0 Å². The lowest BCUT2D eigenvalue weighted by atomic mass is 9.74. The molecule has 116 valence electrons. The second-order valence-corrected chi connectivity index (χ2v) is 9.13. The number of rotatable bonds is 4. The Morgan fingerprint density at radius 3 is 2.57 bits per heavy atom. The summed E-state index contributed by atoms with van der Waals surface area (Å²) in [7, 11) is -3.01. The molecule has 7 heteroatoms. The Bertz CT molecular complexity index is 648. The molecule has 0 amide bonds. The van der Waals surface area contributed by atoms with Crippen LogP contribution in [-0.2, 0) is 23.0 Å². The summed E-state index contributed by atoms with van der Waals surface area (Å²) in [5.74, 6) is 0. The van der Waals surface area contributed by atoms with E-state index in [0.717, 1.165) is 36.2 Å². The summed E-state index contributed by atoms with van der Waals surface area (Å²) in [5, 5.41) is 0. The van der Waals surface area contributed by atoms with E-state index in [1.54, 1.807) is 4.31 Å². The van der Waals surface area contributed by atoms with Crippen LogP contribution in [0.2, 0.25) is 0 Å². The van der Waals surface area contributed by atoms with E-state index in [2.05, 4.69) is 38.8 Å². The van der Waals surface area contributed by atoms with Crippen LogP contribution in [0.5, 0.6) is 0 Å². The average molecular weight is 374 g/mol. The van der Waals surface area contributed by atoms with Crippen molar-refractivity contribution in [3.8, 4) is 0 Å². The molecular weight excluding hydrogens is 354 g/mol. The van der Waals surface area contributed by atoms with E-state index in [-0.39, 0.29) is 5.41 Å². The van der Waals surface area contributed by atoms with Crippen molar-refractivity contribution >= 4 is 26.0 Å². The van der Waals surface area contributed by atoms with Gasteiger partial charge >= 0.3 is 0 Å². The molecule has 21 heavy (non-hydrogen) atoms. The van der Waals surface area contributed by atoms with Gasteiger partial charge in [0.05, 0.1) is 11.9 Å². The van der Waals surface area contributed by atoms with Crippen LogP contribution in [-0.4, -0.2) is 55.0 Å². The molecule has 0 unspecified atom stereocenters. The molecule has 0 saturated carbocycles. The van der Waals surface area contributed by atoms with E-state index >= 15 is 0 Å². The zero-order valence-corrected chi connectivity index (χ0v) is 14.7. The molecule has 0 atom stereocenters. The first kappa shape index (κ1) is 15.4. The summed E-state index contributed by atoms with van der Waals surface area (Å²) >= 11 is 3.51. The largest absolute Gasteiger partial charge is 0.296 e. The minimum Gasteiger partial charge on any atom is -0.296 e. The SMILES string of the molecule is CCc1cc(CN2CC3(C2)CN(S(C)(=O)=O)C3)ncc1Br. The monoisotopic (exact) mass is 373 g/mol. The van der Waals surface area contributed by atoms with Crippen molar-refractivity contribution in [1.82, 2.24) is 14.2 Å². The van der Waals surface area contributed by atoms with Crippen molar-refractivity contribution in [2.24, 2.45) is 5.41 Å². The summed E-state index contributed by atoms with van der Waals surface area (Å²) in [5.41, 5.74) is 2.57. The van der Waals surface area contributed by atoms with E-state index in [9.17, 15) is 8.42 Å². The molecule has 2 aliphatic heterocycles. The molecule has 1 aromatic rings. The minimum atomic E-state index is -3.01. The first-order chi connectivity index (χ1) is 9.81. The number of halogens is 1. The highest BCUT2D eigenvalue weighted by molar-refractivity contribution is 9.10. The Morgan fingerprint density at radius 1 is 1.33 bits per heavy atom. The highest BCUT2D eigenvalue weighted by atomic mass is 79.9. The average Bonchev–Trinajstić information content (AvgIpc) is 2.30. The fourth-order valence-electron chi connectivity index (χ4n) is 3.27. The Kier molecular flexibility index (Phi) is 3.88.